The number of carbonyl (C=O) groups is 1. The number of hydrogen-bond acceptors (Lipinski definition) is 12. The average molecular weight is 679 g/mol. The Morgan fingerprint density at radius 2 is 1.68 bits per heavy atom. The maximum Gasteiger partial charge on any atom is 0.406 e. The highest BCUT2D eigenvalue weighted by Gasteiger charge is 2.35. The standard InChI is InChI=1S/C22H27F3N10O2.C6H6O3S/c1-13-11-33(3-4-34(13)14(2)36)21-29-16-18(32-5-7-37-8-6-32)30-17(15-9-27-20(26)28-10-15)31-19(16)35(21)12-22(23,24)25;7-10(8,9)6-4-2-1-3-5-6/h9-10,13H,3-8,11-12H2,1-2H3,(H2,26,27,28);1-5H,(H,7,8,9)/t13-;/m1./s1. The monoisotopic (exact) mass is 678 g/mol. The highest BCUT2D eigenvalue weighted by atomic mass is 32.2. The van der Waals surface area contributed by atoms with Gasteiger partial charge in [-0.1, -0.05) is 18.2 Å². The molecule has 3 aromatic heterocycles. The van der Waals surface area contributed by atoms with E-state index in [1.54, 1.807) is 28.0 Å². The number of anilines is 3. The van der Waals surface area contributed by atoms with E-state index >= 15 is 0 Å². The summed E-state index contributed by atoms with van der Waals surface area (Å²) in [5.41, 5.74) is 6.34. The number of halogens is 3. The number of rotatable bonds is 5. The van der Waals surface area contributed by atoms with E-state index in [0.29, 0.717) is 57.3 Å². The van der Waals surface area contributed by atoms with Gasteiger partial charge in [0.15, 0.2) is 22.8 Å². The highest BCUT2D eigenvalue weighted by molar-refractivity contribution is 7.85. The molecule has 6 rings (SSSR count). The molecule has 2 saturated heterocycles. The van der Waals surface area contributed by atoms with Crippen LogP contribution >= 0.6 is 0 Å². The number of aromatic nitrogens is 6. The van der Waals surface area contributed by atoms with Crippen LogP contribution in [0.15, 0.2) is 47.6 Å². The summed E-state index contributed by atoms with van der Waals surface area (Å²) in [6.07, 6.45) is -1.66. The summed E-state index contributed by atoms with van der Waals surface area (Å²) in [5, 5.41) is 0. The van der Waals surface area contributed by atoms with Crippen LogP contribution in [0.3, 0.4) is 0 Å². The molecule has 47 heavy (non-hydrogen) atoms. The summed E-state index contributed by atoms with van der Waals surface area (Å²) in [4.78, 5) is 39.1. The second kappa shape index (κ2) is 13.6. The third-order valence-electron chi connectivity index (χ3n) is 7.49. The summed E-state index contributed by atoms with van der Waals surface area (Å²) in [6.45, 7) is 5.02. The number of fused-ring (bicyclic) bond motifs is 1. The van der Waals surface area contributed by atoms with E-state index in [-0.39, 0.29) is 45.7 Å². The van der Waals surface area contributed by atoms with Crippen LogP contribution in [0.2, 0.25) is 0 Å². The topological polar surface area (TPSA) is 186 Å². The first-order chi connectivity index (χ1) is 22.2. The van der Waals surface area contributed by atoms with E-state index in [4.69, 9.17) is 15.0 Å². The quantitative estimate of drug-likeness (QED) is 0.293. The SMILES string of the molecule is CC(=O)N1CCN(c2nc3c(N4CCOCC4)nc(-c4cnc(N)nc4)nc3n2CC(F)(F)F)C[C@H]1C.O=S(=O)(O)c1ccccc1. The molecular weight excluding hydrogens is 645 g/mol. The normalized spacial score (nSPS) is 17.4. The van der Waals surface area contributed by atoms with Gasteiger partial charge in [-0.05, 0) is 19.1 Å². The van der Waals surface area contributed by atoms with Gasteiger partial charge in [0.1, 0.15) is 6.54 Å². The molecule has 1 amide bonds. The Morgan fingerprint density at radius 1 is 1.02 bits per heavy atom. The zero-order valence-electron chi connectivity index (χ0n) is 25.5. The molecule has 2 aliphatic heterocycles. The zero-order valence-corrected chi connectivity index (χ0v) is 26.3. The lowest BCUT2D eigenvalue weighted by atomic mass is 10.2. The van der Waals surface area contributed by atoms with Crippen LogP contribution in [0.1, 0.15) is 13.8 Å². The predicted octanol–water partition coefficient (Wildman–Crippen LogP) is 2.25. The Hall–Kier alpha value is -4.62. The lowest BCUT2D eigenvalue weighted by Crippen LogP contribution is -2.54. The Bertz CT molecular complexity index is 1820. The summed E-state index contributed by atoms with van der Waals surface area (Å²) in [5.74, 6) is 0.696. The van der Waals surface area contributed by atoms with Crippen molar-refractivity contribution >= 4 is 44.9 Å². The molecule has 252 valence electrons. The third-order valence-corrected chi connectivity index (χ3v) is 8.36. The van der Waals surface area contributed by atoms with Crippen LogP contribution in [0.25, 0.3) is 22.6 Å². The number of alkyl halides is 3. The minimum absolute atomic E-state index is 0.0530. The number of benzene rings is 1. The first-order valence-corrected chi connectivity index (χ1v) is 16.0. The second-order valence-electron chi connectivity index (χ2n) is 10.9. The number of amides is 1. The predicted molar refractivity (Wildman–Crippen MR) is 165 cm³/mol. The van der Waals surface area contributed by atoms with E-state index in [1.165, 1.54) is 31.5 Å². The van der Waals surface area contributed by atoms with Crippen LogP contribution in [-0.4, -0.2) is 111 Å². The van der Waals surface area contributed by atoms with Crippen molar-refractivity contribution in [2.24, 2.45) is 0 Å². The molecule has 4 aromatic rings. The third kappa shape index (κ3) is 8.03. The van der Waals surface area contributed by atoms with Crippen LogP contribution in [0.5, 0.6) is 0 Å². The Morgan fingerprint density at radius 3 is 2.23 bits per heavy atom. The molecule has 1 aromatic carbocycles. The van der Waals surface area contributed by atoms with Crippen LogP contribution in [-0.2, 0) is 26.2 Å². The first kappa shape index (κ1) is 33.7. The molecule has 0 spiro atoms. The number of piperazine rings is 1. The van der Waals surface area contributed by atoms with Crippen molar-refractivity contribution in [3.05, 3.63) is 42.7 Å². The number of nitrogens with zero attached hydrogens (tertiary/aromatic N) is 9. The first-order valence-electron chi connectivity index (χ1n) is 14.5. The van der Waals surface area contributed by atoms with Gasteiger partial charge in [0.25, 0.3) is 10.1 Å². The van der Waals surface area contributed by atoms with E-state index in [0.717, 1.165) is 4.57 Å². The van der Waals surface area contributed by atoms with Crippen LogP contribution in [0.4, 0.5) is 30.9 Å². The number of imidazole rings is 1. The average Bonchev–Trinajstić information content (AvgIpc) is 3.38. The molecule has 0 aliphatic carbocycles. The van der Waals surface area contributed by atoms with Gasteiger partial charge in [0.05, 0.1) is 23.7 Å². The molecule has 0 saturated carbocycles. The van der Waals surface area contributed by atoms with Crippen molar-refractivity contribution < 1.29 is 35.7 Å². The summed E-state index contributed by atoms with van der Waals surface area (Å²) in [6, 6.07) is 7.23. The van der Waals surface area contributed by atoms with Gasteiger partial charge in [-0.2, -0.15) is 21.6 Å². The highest BCUT2D eigenvalue weighted by Crippen LogP contribution is 2.34. The van der Waals surface area contributed by atoms with Gasteiger partial charge >= 0.3 is 6.18 Å². The Labute approximate surface area is 268 Å². The van der Waals surface area contributed by atoms with Crippen molar-refractivity contribution in [1.29, 1.82) is 0 Å². The van der Waals surface area contributed by atoms with E-state index < -0.39 is 22.8 Å². The zero-order chi connectivity index (χ0) is 33.9. The van der Waals surface area contributed by atoms with Gasteiger partial charge in [0.2, 0.25) is 17.8 Å². The van der Waals surface area contributed by atoms with Gasteiger partial charge in [-0.15, -0.1) is 0 Å². The molecule has 0 radical (unpaired) electrons. The van der Waals surface area contributed by atoms with Gasteiger partial charge in [0, 0.05) is 58.1 Å². The van der Waals surface area contributed by atoms with Crippen molar-refractivity contribution in [1.82, 2.24) is 34.4 Å². The summed E-state index contributed by atoms with van der Waals surface area (Å²) >= 11 is 0. The molecular formula is C28H33F3N10O5S. The molecule has 2 aliphatic rings. The fourth-order valence-corrected chi connectivity index (χ4v) is 5.82. The van der Waals surface area contributed by atoms with Crippen molar-refractivity contribution in [2.75, 3.05) is 61.5 Å². The van der Waals surface area contributed by atoms with Crippen molar-refractivity contribution in [2.45, 2.75) is 37.5 Å². The van der Waals surface area contributed by atoms with Crippen molar-refractivity contribution in [3.63, 3.8) is 0 Å². The van der Waals surface area contributed by atoms with Crippen molar-refractivity contribution in [3.8, 4) is 11.4 Å². The Balaban J connectivity index is 0.000000371. The van der Waals surface area contributed by atoms with E-state index in [1.807, 2.05) is 11.8 Å². The molecule has 3 N–H and O–H groups in total. The molecule has 19 heteroatoms. The van der Waals surface area contributed by atoms with Gasteiger partial charge in [-0.25, -0.2) is 24.9 Å². The molecule has 5 heterocycles. The molecule has 0 bridgehead atoms. The Kier molecular flexibility index (Phi) is 9.78. The number of carbonyl (C=O) groups excluding carboxylic acids is 1. The lowest BCUT2D eigenvalue weighted by molar-refractivity contribution is -0.139. The van der Waals surface area contributed by atoms with E-state index in [2.05, 4.69) is 24.9 Å². The molecule has 0 unspecified atom stereocenters. The van der Waals surface area contributed by atoms with Gasteiger partial charge < -0.3 is 25.2 Å². The number of ether oxygens (including phenoxy) is 1. The molecule has 1 atom stereocenters. The molecule has 15 nitrogen and oxygen atoms in total. The minimum atomic E-state index is -4.52. The van der Waals surface area contributed by atoms with E-state index in [9.17, 15) is 26.4 Å². The van der Waals surface area contributed by atoms with Crippen LogP contribution < -0.4 is 15.5 Å². The number of nitrogens with two attached hydrogens (primary N) is 1. The van der Waals surface area contributed by atoms with Crippen LogP contribution in [0, 0.1) is 0 Å². The smallest absolute Gasteiger partial charge is 0.378 e. The fourth-order valence-electron chi connectivity index (χ4n) is 5.32. The number of hydrogen-bond donors (Lipinski definition) is 2. The maximum atomic E-state index is 13.8. The second-order valence-corrected chi connectivity index (χ2v) is 12.3. The lowest BCUT2D eigenvalue weighted by Gasteiger charge is -2.40. The minimum Gasteiger partial charge on any atom is -0.378 e. The summed E-state index contributed by atoms with van der Waals surface area (Å²) in [7, 11) is -4.00. The largest absolute Gasteiger partial charge is 0.406 e. The van der Waals surface area contributed by atoms with Gasteiger partial charge in [-0.3, -0.25) is 13.9 Å². The fraction of sp³-hybridized carbons (Fsp3) is 0.429. The maximum absolute atomic E-state index is 13.8. The number of morpholine rings is 1. The molecule has 2 fully saturated rings. The summed E-state index contributed by atoms with van der Waals surface area (Å²) < 4.78 is 77.3. The number of nitrogen functional groups attached to an aromatic ring is 1.